The fourth-order valence-electron chi connectivity index (χ4n) is 2.30. The van der Waals surface area contributed by atoms with Gasteiger partial charge in [-0.3, -0.25) is 0 Å². The summed E-state index contributed by atoms with van der Waals surface area (Å²) < 4.78 is 0. The van der Waals surface area contributed by atoms with Crippen LogP contribution in [-0.2, 0) is 0 Å². The van der Waals surface area contributed by atoms with Gasteiger partial charge in [-0.05, 0) is 51.7 Å². The molecule has 0 radical (unpaired) electrons. The maximum atomic E-state index is 3.46. The predicted molar refractivity (Wildman–Crippen MR) is 62.6 cm³/mol. The first-order valence-corrected chi connectivity index (χ1v) is 6.18. The Hall–Kier alpha value is -0.0800. The summed E-state index contributed by atoms with van der Waals surface area (Å²) in [7, 11) is 0. The third kappa shape index (κ3) is 4.43. The minimum Gasteiger partial charge on any atom is -0.315 e. The highest BCUT2D eigenvalue weighted by Gasteiger charge is 2.17. The zero-order valence-electron chi connectivity index (χ0n) is 10.1. The van der Waals surface area contributed by atoms with Crippen LogP contribution in [-0.4, -0.2) is 37.1 Å². The zero-order chi connectivity index (χ0) is 10.4. The van der Waals surface area contributed by atoms with Crippen molar-refractivity contribution in [3.05, 3.63) is 0 Å². The molecule has 0 aliphatic carbocycles. The van der Waals surface area contributed by atoms with Crippen LogP contribution in [0, 0.1) is 5.92 Å². The lowest BCUT2D eigenvalue weighted by atomic mass is 10.1. The molecule has 0 amide bonds. The lowest BCUT2D eigenvalue weighted by molar-refractivity contribution is 0.312. The van der Waals surface area contributed by atoms with Crippen molar-refractivity contribution in [3.63, 3.8) is 0 Å². The van der Waals surface area contributed by atoms with E-state index in [9.17, 15) is 0 Å². The Morgan fingerprint density at radius 1 is 1.50 bits per heavy atom. The summed E-state index contributed by atoms with van der Waals surface area (Å²) in [5.74, 6) is 0.932. The smallest absolute Gasteiger partial charge is 0.00390 e. The lowest BCUT2D eigenvalue weighted by Crippen LogP contribution is -2.28. The van der Waals surface area contributed by atoms with Crippen LogP contribution in [0.15, 0.2) is 0 Å². The highest BCUT2D eigenvalue weighted by Crippen LogP contribution is 2.15. The summed E-state index contributed by atoms with van der Waals surface area (Å²) in [5.41, 5.74) is 0. The molecule has 2 nitrogen and oxygen atoms in total. The largest absolute Gasteiger partial charge is 0.315 e. The summed E-state index contributed by atoms with van der Waals surface area (Å²) in [6.07, 6.45) is 4.07. The molecule has 1 N–H and O–H groups in total. The van der Waals surface area contributed by atoms with Crippen molar-refractivity contribution in [3.8, 4) is 0 Å². The molecule has 2 unspecified atom stereocenters. The van der Waals surface area contributed by atoms with Crippen LogP contribution < -0.4 is 5.32 Å². The van der Waals surface area contributed by atoms with Crippen LogP contribution in [0.1, 0.15) is 40.0 Å². The van der Waals surface area contributed by atoms with Crippen molar-refractivity contribution in [1.29, 1.82) is 0 Å². The molecule has 2 atom stereocenters. The molecule has 84 valence electrons. The van der Waals surface area contributed by atoms with Gasteiger partial charge in [0.25, 0.3) is 0 Å². The molecule has 14 heavy (non-hydrogen) atoms. The van der Waals surface area contributed by atoms with E-state index >= 15 is 0 Å². The first-order chi connectivity index (χ1) is 6.72. The number of likely N-dealkylation sites (tertiary alicyclic amines) is 1. The Morgan fingerprint density at radius 3 is 2.86 bits per heavy atom. The standard InChI is InChI=1S/C12H26N2/c1-4-13-12(3)6-5-8-14-9-7-11(2)10-14/h11-13H,4-10H2,1-3H3. The van der Waals surface area contributed by atoms with Crippen LogP contribution in [0.25, 0.3) is 0 Å². The van der Waals surface area contributed by atoms with Crippen molar-refractivity contribution in [2.24, 2.45) is 5.92 Å². The van der Waals surface area contributed by atoms with Crippen molar-refractivity contribution >= 4 is 0 Å². The molecule has 1 saturated heterocycles. The Labute approximate surface area is 89.1 Å². The zero-order valence-corrected chi connectivity index (χ0v) is 10.1. The summed E-state index contributed by atoms with van der Waals surface area (Å²) in [6.45, 7) is 11.9. The molecule has 0 saturated carbocycles. The highest BCUT2D eigenvalue weighted by molar-refractivity contribution is 4.72. The van der Waals surface area contributed by atoms with Gasteiger partial charge in [0.05, 0.1) is 0 Å². The molecule has 1 rings (SSSR count). The average molecular weight is 198 g/mol. The van der Waals surface area contributed by atoms with Crippen LogP contribution in [0.5, 0.6) is 0 Å². The van der Waals surface area contributed by atoms with Crippen LogP contribution in [0.3, 0.4) is 0 Å². The molecule has 0 aromatic heterocycles. The highest BCUT2D eigenvalue weighted by atomic mass is 15.1. The Kier molecular flexibility index (Phi) is 5.49. The van der Waals surface area contributed by atoms with Gasteiger partial charge in [0.2, 0.25) is 0 Å². The van der Waals surface area contributed by atoms with Gasteiger partial charge in [-0.2, -0.15) is 0 Å². The summed E-state index contributed by atoms with van der Waals surface area (Å²) in [5, 5.41) is 3.46. The Balaban J connectivity index is 1.98. The van der Waals surface area contributed by atoms with E-state index in [1.807, 2.05) is 0 Å². The molecular weight excluding hydrogens is 172 g/mol. The van der Waals surface area contributed by atoms with Gasteiger partial charge in [-0.1, -0.05) is 13.8 Å². The van der Waals surface area contributed by atoms with Gasteiger partial charge in [-0.15, -0.1) is 0 Å². The topological polar surface area (TPSA) is 15.3 Å². The second-order valence-electron chi connectivity index (χ2n) is 4.80. The molecule has 1 fully saturated rings. The van der Waals surface area contributed by atoms with Crippen molar-refractivity contribution in [1.82, 2.24) is 10.2 Å². The number of nitrogens with zero attached hydrogens (tertiary/aromatic N) is 1. The van der Waals surface area contributed by atoms with Gasteiger partial charge < -0.3 is 10.2 Å². The quantitative estimate of drug-likeness (QED) is 0.703. The predicted octanol–water partition coefficient (Wildman–Crippen LogP) is 2.11. The maximum absolute atomic E-state index is 3.46. The second kappa shape index (κ2) is 6.41. The van der Waals surface area contributed by atoms with Crippen molar-refractivity contribution < 1.29 is 0 Å². The van der Waals surface area contributed by atoms with Crippen LogP contribution in [0.4, 0.5) is 0 Å². The minimum absolute atomic E-state index is 0.694. The van der Waals surface area contributed by atoms with Gasteiger partial charge in [0, 0.05) is 12.6 Å². The van der Waals surface area contributed by atoms with Crippen molar-refractivity contribution in [2.45, 2.75) is 46.1 Å². The molecule has 0 bridgehead atoms. The maximum Gasteiger partial charge on any atom is 0.00390 e. The number of nitrogens with one attached hydrogen (secondary N) is 1. The van der Waals surface area contributed by atoms with E-state index in [2.05, 4.69) is 31.0 Å². The number of rotatable bonds is 6. The molecule has 0 aromatic carbocycles. The summed E-state index contributed by atoms with van der Waals surface area (Å²) >= 11 is 0. The SMILES string of the molecule is CCNC(C)CCCN1CCC(C)C1. The third-order valence-electron chi connectivity index (χ3n) is 3.17. The van der Waals surface area contributed by atoms with Crippen LogP contribution >= 0.6 is 0 Å². The van der Waals surface area contributed by atoms with Crippen molar-refractivity contribution in [2.75, 3.05) is 26.2 Å². The van der Waals surface area contributed by atoms with Gasteiger partial charge in [0.1, 0.15) is 0 Å². The lowest BCUT2D eigenvalue weighted by Gasteiger charge is -2.17. The molecule has 1 aliphatic rings. The minimum atomic E-state index is 0.694. The third-order valence-corrected chi connectivity index (χ3v) is 3.17. The van der Waals surface area contributed by atoms with E-state index in [0.29, 0.717) is 6.04 Å². The van der Waals surface area contributed by atoms with E-state index in [0.717, 1.165) is 12.5 Å². The van der Waals surface area contributed by atoms with Crippen LogP contribution in [0.2, 0.25) is 0 Å². The molecule has 0 aromatic rings. The molecule has 1 aliphatic heterocycles. The normalized spacial score (nSPS) is 25.5. The summed E-state index contributed by atoms with van der Waals surface area (Å²) in [4.78, 5) is 2.61. The fraction of sp³-hybridized carbons (Fsp3) is 1.00. The Bertz CT molecular complexity index is 147. The molecular formula is C12H26N2. The first-order valence-electron chi connectivity index (χ1n) is 6.18. The second-order valence-corrected chi connectivity index (χ2v) is 4.80. The van der Waals surface area contributed by atoms with Gasteiger partial charge in [0.15, 0.2) is 0 Å². The average Bonchev–Trinajstić information content (AvgIpc) is 2.52. The molecule has 2 heteroatoms. The monoisotopic (exact) mass is 198 g/mol. The Morgan fingerprint density at radius 2 is 2.29 bits per heavy atom. The first kappa shape index (κ1) is 12.0. The van der Waals surface area contributed by atoms with E-state index in [1.54, 1.807) is 0 Å². The van der Waals surface area contributed by atoms with E-state index < -0.39 is 0 Å². The molecule has 1 heterocycles. The van der Waals surface area contributed by atoms with E-state index in [-0.39, 0.29) is 0 Å². The summed E-state index contributed by atoms with van der Waals surface area (Å²) in [6, 6.07) is 0.694. The molecule has 0 spiro atoms. The number of hydrogen-bond donors (Lipinski definition) is 1. The van der Waals surface area contributed by atoms with Gasteiger partial charge >= 0.3 is 0 Å². The van der Waals surface area contributed by atoms with E-state index in [4.69, 9.17) is 0 Å². The van der Waals surface area contributed by atoms with E-state index in [1.165, 1.54) is 38.9 Å². The number of hydrogen-bond acceptors (Lipinski definition) is 2. The van der Waals surface area contributed by atoms with Gasteiger partial charge in [-0.25, -0.2) is 0 Å². The fourth-order valence-corrected chi connectivity index (χ4v) is 2.30.